The average molecular weight is 130 g/mol. The van der Waals surface area contributed by atoms with E-state index in [1.807, 2.05) is 6.92 Å². The zero-order valence-corrected chi connectivity index (χ0v) is 6.52. The molecule has 0 nitrogen and oxygen atoms in total. The van der Waals surface area contributed by atoms with Crippen LogP contribution in [-0.4, -0.2) is 7.85 Å². The highest BCUT2D eigenvalue weighted by Gasteiger charge is 1.90. The van der Waals surface area contributed by atoms with Crippen molar-refractivity contribution >= 4 is 18.9 Å². The van der Waals surface area contributed by atoms with Gasteiger partial charge in [0.1, 0.15) is 7.85 Å². The second-order valence-corrected chi connectivity index (χ2v) is 2.65. The van der Waals surface area contributed by atoms with Gasteiger partial charge in [-0.25, -0.2) is 0 Å². The van der Waals surface area contributed by atoms with E-state index in [0.29, 0.717) is 0 Å². The molecule has 1 aromatic carbocycles. The first-order chi connectivity index (χ1) is 4.70. The Hall–Kier alpha value is -0.975. The maximum absolute atomic E-state index is 3.87. The summed E-state index contributed by atoms with van der Waals surface area (Å²) in [5.74, 6) is 0. The van der Waals surface area contributed by atoms with Crippen LogP contribution in [0.25, 0.3) is 5.57 Å². The maximum atomic E-state index is 3.87. The van der Waals surface area contributed by atoms with Crippen LogP contribution in [0.1, 0.15) is 12.5 Å². The minimum absolute atomic E-state index is 1.13. The number of benzene rings is 1. The Morgan fingerprint density at radius 3 is 2.60 bits per heavy atom. The normalized spacial score (nSPS) is 9.30. The third-order valence-electron chi connectivity index (χ3n) is 1.51. The van der Waals surface area contributed by atoms with Gasteiger partial charge in [0.25, 0.3) is 0 Å². The Morgan fingerprint density at radius 1 is 1.50 bits per heavy atom. The van der Waals surface area contributed by atoms with E-state index in [4.69, 9.17) is 0 Å². The molecule has 0 saturated carbocycles. The van der Waals surface area contributed by atoms with Crippen molar-refractivity contribution in [2.45, 2.75) is 6.92 Å². The van der Waals surface area contributed by atoms with E-state index in [2.05, 4.69) is 38.7 Å². The summed E-state index contributed by atoms with van der Waals surface area (Å²) in [4.78, 5) is 0. The molecule has 0 aliphatic rings. The molecule has 0 aliphatic heterocycles. The Balaban J connectivity index is 3.07. The van der Waals surface area contributed by atoms with Crippen LogP contribution >= 0.6 is 0 Å². The fraction of sp³-hybridized carbons (Fsp3) is 0.111. The molecular weight excluding hydrogens is 119 g/mol. The van der Waals surface area contributed by atoms with Gasteiger partial charge in [-0.2, -0.15) is 0 Å². The van der Waals surface area contributed by atoms with E-state index in [1.54, 1.807) is 0 Å². The first-order valence-electron chi connectivity index (χ1n) is 3.42. The van der Waals surface area contributed by atoms with Crippen LogP contribution in [0, 0.1) is 0 Å². The van der Waals surface area contributed by atoms with Gasteiger partial charge in [-0.05, 0) is 12.5 Å². The van der Waals surface area contributed by atoms with Crippen molar-refractivity contribution in [2.24, 2.45) is 0 Å². The van der Waals surface area contributed by atoms with Gasteiger partial charge < -0.3 is 0 Å². The highest BCUT2D eigenvalue weighted by atomic mass is 13.9. The molecular formula is C9H11B. The number of rotatable bonds is 1. The first-order valence-corrected chi connectivity index (χ1v) is 3.42. The monoisotopic (exact) mass is 130 g/mol. The molecule has 0 heterocycles. The highest BCUT2D eigenvalue weighted by molar-refractivity contribution is 6.32. The summed E-state index contributed by atoms with van der Waals surface area (Å²) in [7, 11) is 2.09. The van der Waals surface area contributed by atoms with Gasteiger partial charge in [0.2, 0.25) is 0 Å². The van der Waals surface area contributed by atoms with Gasteiger partial charge in [0, 0.05) is 0 Å². The molecule has 0 aromatic heterocycles. The van der Waals surface area contributed by atoms with Crippen LogP contribution in [0.15, 0.2) is 30.8 Å². The molecule has 0 spiro atoms. The van der Waals surface area contributed by atoms with Crippen LogP contribution in [-0.2, 0) is 0 Å². The van der Waals surface area contributed by atoms with E-state index >= 15 is 0 Å². The number of hydrogen-bond acceptors (Lipinski definition) is 0. The minimum Gasteiger partial charge on any atom is -0.0955 e. The molecule has 10 heavy (non-hydrogen) atoms. The fourth-order valence-corrected chi connectivity index (χ4v) is 0.911. The van der Waals surface area contributed by atoms with Gasteiger partial charge in [-0.3, -0.25) is 0 Å². The molecule has 0 saturated heterocycles. The van der Waals surface area contributed by atoms with Crippen molar-refractivity contribution in [3.63, 3.8) is 0 Å². The molecule has 0 radical (unpaired) electrons. The van der Waals surface area contributed by atoms with Crippen LogP contribution in [0.5, 0.6) is 0 Å². The van der Waals surface area contributed by atoms with Gasteiger partial charge in [-0.1, -0.05) is 41.9 Å². The lowest BCUT2D eigenvalue weighted by Gasteiger charge is -1.99. The second-order valence-electron chi connectivity index (χ2n) is 2.65. The lowest BCUT2D eigenvalue weighted by molar-refractivity contribution is 1.61. The lowest BCUT2D eigenvalue weighted by atomic mass is 9.93. The summed E-state index contributed by atoms with van der Waals surface area (Å²) in [6.07, 6.45) is 0. The molecule has 0 bridgehead atoms. The Kier molecular flexibility index (Phi) is 1.95. The van der Waals surface area contributed by atoms with Crippen LogP contribution in [0.2, 0.25) is 0 Å². The molecule has 1 rings (SSSR count). The number of hydrogen-bond donors (Lipinski definition) is 0. The number of allylic oxidation sites excluding steroid dienone is 1. The molecule has 0 unspecified atom stereocenters. The third kappa shape index (κ3) is 1.50. The topological polar surface area (TPSA) is 0 Å². The Morgan fingerprint density at radius 2 is 2.20 bits per heavy atom. The van der Waals surface area contributed by atoms with Crippen molar-refractivity contribution in [2.75, 3.05) is 0 Å². The van der Waals surface area contributed by atoms with Crippen molar-refractivity contribution < 1.29 is 0 Å². The molecule has 1 heteroatoms. The summed E-state index contributed by atoms with van der Waals surface area (Å²) in [6, 6.07) is 8.36. The fourth-order valence-electron chi connectivity index (χ4n) is 0.911. The summed E-state index contributed by atoms with van der Waals surface area (Å²) in [5.41, 5.74) is 3.66. The zero-order chi connectivity index (χ0) is 7.56. The van der Waals surface area contributed by atoms with E-state index < -0.39 is 0 Å². The van der Waals surface area contributed by atoms with Crippen molar-refractivity contribution in [1.29, 1.82) is 0 Å². The van der Waals surface area contributed by atoms with Crippen molar-refractivity contribution in [3.05, 3.63) is 36.4 Å². The molecule has 0 amide bonds. The van der Waals surface area contributed by atoms with E-state index in [0.717, 1.165) is 5.57 Å². The molecule has 0 N–H and O–H groups in total. The van der Waals surface area contributed by atoms with Crippen LogP contribution < -0.4 is 5.46 Å². The summed E-state index contributed by atoms with van der Waals surface area (Å²) >= 11 is 0. The molecule has 1 aromatic rings. The molecule has 0 fully saturated rings. The van der Waals surface area contributed by atoms with E-state index in [9.17, 15) is 0 Å². The molecule has 0 aliphatic carbocycles. The van der Waals surface area contributed by atoms with E-state index in [-0.39, 0.29) is 0 Å². The van der Waals surface area contributed by atoms with Gasteiger partial charge in [0.15, 0.2) is 0 Å². The second kappa shape index (κ2) is 2.74. The zero-order valence-electron chi connectivity index (χ0n) is 6.52. The lowest BCUT2D eigenvalue weighted by Crippen LogP contribution is -2.00. The largest absolute Gasteiger partial charge is 0.139 e. The van der Waals surface area contributed by atoms with Gasteiger partial charge in [0.05, 0.1) is 0 Å². The van der Waals surface area contributed by atoms with Gasteiger partial charge >= 0.3 is 0 Å². The Labute approximate surface area is 63.0 Å². The predicted octanol–water partition coefficient (Wildman–Crippen LogP) is 0.978. The predicted molar refractivity (Wildman–Crippen MR) is 49.3 cm³/mol. The van der Waals surface area contributed by atoms with Crippen molar-refractivity contribution in [1.82, 2.24) is 0 Å². The maximum Gasteiger partial charge on any atom is 0.139 e. The Bertz CT molecular complexity index is 251. The molecule has 0 atom stereocenters. The quantitative estimate of drug-likeness (QED) is 0.497. The summed E-state index contributed by atoms with van der Waals surface area (Å²) in [5, 5.41) is 0. The summed E-state index contributed by atoms with van der Waals surface area (Å²) < 4.78 is 0. The van der Waals surface area contributed by atoms with Gasteiger partial charge in [-0.15, -0.1) is 0 Å². The highest BCUT2D eigenvalue weighted by Crippen LogP contribution is 2.07. The SMILES string of the molecule is Bc1cccc(C(=C)C)c1. The first kappa shape index (κ1) is 7.14. The smallest absolute Gasteiger partial charge is 0.0955 e. The standard InChI is InChI=1S/C9H11B/c1-7(2)8-4-3-5-9(10)6-8/h3-6H,1,10H2,2H3. The third-order valence-corrected chi connectivity index (χ3v) is 1.51. The van der Waals surface area contributed by atoms with Crippen molar-refractivity contribution in [3.8, 4) is 0 Å². The molecule has 50 valence electrons. The minimum atomic E-state index is 1.13. The average Bonchev–Trinajstić information content (AvgIpc) is 1.88. The van der Waals surface area contributed by atoms with Crippen LogP contribution in [0.3, 0.4) is 0 Å². The van der Waals surface area contributed by atoms with Crippen LogP contribution in [0.4, 0.5) is 0 Å². The summed E-state index contributed by atoms with van der Waals surface area (Å²) in [6.45, 7) is 5.89. The van der Waals surface area contributed by atoms with E-state index in [1.165, 1.54) is 11.0 Å².